The molecule has 0 radical (unpaired) electrons. The molecule has 0 aliphatic carbocycles. The summed E-state index contributed by atoms with van der Waals surface area (Å²) in [6.07, 6.45) is 9.00. The maximum Gasteiger partial charge on any atom is 0.169 e. The first-order valence-corrected chi connectivity index (χ1v) is 7.50. The van der Waals surface area contributed by atoms with Gasteiger partial charge in [-0.15, -0.1) is 0 Å². The zero-order chi connectivity index (χ0) is 13.9. The smallest absolute Gasteiger partial charge is 0.169 e. The maximum atomic E-state index is 4.39. The van der Waals surface area contributed by atoms with Gasteiger partial charge in [-0.05, 0) is 5.92 Å². The molecule has 3 heterocycles. The van der Waals surface area contributed by atoms with Crippen LogP contribution in [0.5, 0.6) is 0 Å². The van der Waals surface area contributed by atoms with E-state index >= 15 is 0 Å². The van der Waals surface area contributed by atoms with Crippen molar-refractivity contribution < 1.29 is 0 Å². The van der Waals surface area contributed by atoms with E-state index in [9.17, 15) is 0 Å². The molecule has 0 aromatic carbocycles. The lowest BCUT2D eigenvalue weighted by Crippen LogP contribution is -2.09. The van der Waals surface area contributed by atoms with Crippen LogP contribution >= 0.6 is 11.8 Å². The number of fused-ring (bicyclic) bond motifs is 1. The second-order valence-corrected chi connectivity index (χ2v) is 5.90. The fourth-order valence-electron chi connectivity index (χ4n) is 1.96. The molecule has 104 valence electrons. The van der Waals surface area contributed by atoms with Crippen molar-refractivity contribution in [2.75, 3.05) is 0 Å². The monoisotopic (exact) mass is 288 g/mol. The molecule has 3 aromatic rings. The molecular weight excluding hydrogens is 272 g/mol. The van der Waals surface area contributed by atoms with Crippen molar-refractivity contribution >= 4 is 17.4 Å². The second kappa shape index (κ2) is 5.62. The standard InChI is InChI=1S/C13H16N6S/c1-10(2)7-19-11(16-9-17-19)8-20-13-12-14-3-5-18(12)6-4-15-13/h3-6,9-10H,7-8H2,1-2H3. The van der Waals surface area contributed by atoms with Crippen LogP contribution in [0.3, 0.4) is 0 Å². The Morgan fingerprint density at radius 1 is 1.15 bits per heavy atom. The van der Waals surface area contributed by atoms with Crippen LogP contribution in [-0.2, 0) is 12.3 Å². The predicted octanol–water partition coefficient (Wildman–Crippen LogP) is 2.27. The van der Waals surface area contributed by atoms with Crippen molar-refractivity contribution in [1.29, 1.82) is 0 Å². The lowest BCUT2D eigenvalue weighted by atomic mass is 10.2. The first kappa shape index (κ1) is 13.1. The van der Waals surface area contributed by atoms with Crippen LogP contribution in [-0.4, -0.2) is 29.1 Å². The summed E-state index contributed by atoms with van der Waals surface area (Å²) in [5, 5.41) is 5.19. The van der Waals surface area contributed by atoms with Gasteiger partial charge in [0.05, 0.1) is 5.75 Å². The number of thioether (sulfide) groups is 1. The van der Waals surface area contributed by atoms with Gasteiger partial charge < -0.3 is 4.40 Å². The fraction of sp³-hybridized carbons (Fsp3) is 0.385. The highest BCUT2D eigenvalue weighted by Crippen LogP contribution is 2.23. The third kappa shape index (κ3) is 2.67. The third-order valence-corrected chi connectivity index (χ3v) is 3.81. The summed E-state index contributed by atoms with van der Waals surface area (Å²) in [5.41, 5.74) is 0.882. The summed E-state index contributed by atoms with van der Waals surface area (Å²) in [6, 6.07) is 0. The topological polar surface area (TPSA) is 60.9 Å². The van der Waals surface area contributed by atoms with E-state index < -0.39 is 0 Å². The molecule has 0 aliphatic rings. The van der Waals surface area contributed by atoms with Crippen molar-refractivity contribution in [2.45, 2.75) is 31.2 Å². The first-order valence-electron chi connectivity index (χ1n) is 6.51. The maximum absolute atomic E-state index is 4.39. The largest absolute Gasteiger partial charge is 0.303 e. The molecule has 3 aromatic heterocycles. The van der Waals surface area contributed by atoms with Crippen LogP contribution < -0.4 is 0 Å². The third-order valence-electron chi connectivity index (χ3n) is 2.85. The highest BCUT2D eigenvalue weighted by atomic mass is 32.2. The van der Waals surface area contributed by atoms with E-state index in [1.807, 2.05) is 21.5 Å². The number of rotatable bonds is 5. The second-order valence-electron chi connectivity index (χ2n) is 4.93. The number of nitrogens with zero attached hydrogens (tertiary/aromatic N) is 6. The van der Waals surface area contributed by atoms with Crippen LogP contribution in [0.4, 0.5) is 0 Å². The lowest BCUT2D eigenvalue weighted by molar-refractivity contribution is 0.471. The number of imidazole rings is 1. The molecule has 3 rings (SSSR count). The molecule has 0 unspecified atom stereocenters. The summed E-state index contributed by atoms with van der Waals surface area (Å²) < 4.78 is 3.93. The SMILES string of the molecule is CC(C)Cn1ncnc1CSc1nccn2ccnc12. The van der Waals surface area contributed by atoms with Crippen LogP contribution in [0.15, 0.2) is 36.1 Å². The van der Waals surface area contributed by atoms with Gasteiger partial charge in [0.25, 0.3) is 0 Å². The van der Waals surface area contributed by atoms with Crippen LogP contribution in [0.25, 0.3) is 5.65 Å². The summed E-state index contributed by atoms with van der Waals surface area (Å²) in [4.78, 5) is 13.0. The van der Waals surface area contributed by atoms with Gasteiger partial charge in [-0.25, -0.2) is 19.6 Å². The zero-order valence-corrected chi connectivity index (χ0v) is 12.3. The fourth-order valence-corrected chi connectivity index (χ4v) is 2.87. The van der Waals surface area contributed by atoms with Crippen LogP contribution in [0.2, 0.25) is 0 Å². The van der Waals surface area contributed by atoms with Crippen molar-refractivity contribution in [3.05, 3.63) is 36.9 Å². The van der Waals surface area contributed by atoms with Gasteiger partial charge in [0.15, 0.2) is 5.65 Å². The first-order chi connectivity index (χ1) is 9.74. The molecule has 20 heavy (non-hydrogen) atoms. The molecule has 6 nitrogen and oxygen atoms in total. The van der Waals surface area contributed by atoms with E-state index in [0.29, 0.717) is 5.92 Å². The molecule has 0 spiro atoms. The molecular formula is C13H16N6S. The van der Waals surface area contributed by atoms with E-state index in [2.05, 4.69) is 33.9 Å². The Balaban J connectivity index is 1.76. The number of hydrogen-bond donors (Lipinski definition) is 0. The number of aromatic nitrogens is 6. The quantitative estimate of drug-likeness (QED) is 0.674. The van der Waals surface area contributed by atoms with Gasteiger partial charge in [-0.3, -0.25) is 0 Å². The van der Waals surface area contributed by atoms with Gasteiger partial charge in [-0.2, -0.15) is 5.10 Å². The van der Waals surface area contributed by atoms with Crippen LogP contribution in [0, 0.1) is 5.92 Å². The van der Waals surface area contributed by atoms with E-state index in [0.717, 1.165) is 28.8 Å². The van der Waals surface area contributed by atoms with Crippen LogP contribution in [0.1, 0.15) is 19.7 Å². The molecule has 0 N–H and O–H groups in total. The van der Waals surface area contributed by atoms with E-state index in [-0.39, 0.29) is 0 Å². The summed E-state index contributed by atoms with van der Waals surface area (Å²) in [7, 11) is 0. The molecule has 0 aliphatic heterocycles. The van der Waals surface area contributed by atoms with E-state index in [1.54, 1.807) is 30.5 Å². The van der Waals surface area contributed by atoms with Gasteiger partial charge in [-0.1, -0.05) is 25.6 Å². The summed E-state index contributed by atoms with van der Waals surface area (Å²) >= 11 is 1.64. The van der Waals surface area contributed by atoms with Gasteiger partial charge in [0, 0.05) is 31.3 Å². The molecule has 0 fully saturated rings. The van der Waals surface area contributed by atoms with Crippen molar-refractivity contribution in [1.82, 2.24) is 29.1 Å². The number of hydrogen-bond acceptors (Lipinski definition) is 5. The summed E-state index contributed by atoms with van der Waals surface area (Å²) in [5.74, 6) is 2.26. The minimum Gasteiger partial charge on any atom is -0.303 e. The van der Waals surface area contributed by atoms with Gasteiger partial charge in [0.2, 0.25) is 0 Å². The minimum atomic E-state index is 0.550. The Labute approximate surface area is 121 Å². The van der Waals surface area contributed by atoms with E-state index in [4.69, 9.17) is 0 Å². The van der Waals surface area contributed by atoms with Crippen molar-refractivity contribution in [3.8, 4) is 0 Å². The molecule has 0 atom stereocenters. The van der Waals surface area contributed by atoms with E-state index in [1.165, 1.54) is 0 Å². The average Bonchev–Trinajstić information content (AvgIpc) is 3.04. The van der Waals surface area contributed by atoms with Gasteiger partial charge in [0.1, 0.15) is 17.2 Å². The average molecular weight is 288 g/mol. The lowest BCUT2D eigenvalue weighted by Gasteiger charge is -2.08. The highest BCUT2D eigenvalue weighted by Gasteiger charge is 2.10. The summed E-state index contributed by atoms with van der Waals surface area (Å²) in [6.45, 7) is 5.23. The predicted molar refractivity (Wildman–Crippen MR) is 77.4 cm³/mol. The molecule has 0 amide bonds. The molecule has 0 saturated heterocycles. The zero-order valence-electron chi connectivity index (χ0n) is 11.5. The molecule has 0 bridgehead atoms. The Kier molecular flexibility index (Phi) is 3.68. The Hall–Kier alpha value is -1.89. The molecule has 0 saturated carbocycles. The van der Waals surface area contributed by atoms with Gasteiger partial charge >= 0.3 is 0 Å². The molecule has 7 heteroatoms. The van der Waals surface area contributed by atoms with Crippen molar-refractivity contribution in [3.63, 3.8) is 0 Å². The Bertz CT molecular complexity index is 702. The minimum absolute atomic E-state index is 0.550. The normalized spacial score (nSPS) is 11.6. The van der Waals surface area contributed by atoms with Crippen molar-refractivity contribution in [2.24, 2.45) is 5.92 Å². The Morgan fingerprint density at radius 2 is 1.95 bits per heavy atom. The Morgan fingerprint density at radius 3 is 2.75 bits per heavy atom. The highest BCUT2D eigenvalue weighted by molar-refractivity contribution is 7.98.